The summed E-state index contributed by atoms with van der Waals surface area (Å²) in [7, 11) is 0. The second-order valence-corrected chi connectivity index (χ2v) is 4.22. The van der Waals surface area contributed by atoms with Gasteiger partial charge in [0.25, 0.3) is 5.91 Å². The van der Waals surface area contributed by atoms with Crippen LogP contribution in [-0.2, 0) is 4.74 Å². The fourth-order valence-corrected chi connectivity index (χ4v) is 1.88. The SMILES string of the molecule is Cc1ccccc1C(=O)NCC1CNCCO1. The topological polar surface area (TPSA) is 50.4 Å². The summed E-state index contributed by atoms with van der Waals surface area (Å²) in [5.74, 6) is -0.0303. The third-order valence-electron chi connectivity index (χ3n) is 2.88. The Kier molecular flexibility index (Phi) is 4.12. The lowest BCUT2D eigenvalue weighted by Crippen LogP contribution is -2.45. The van der Waals surface area contributed by atoms with Gasteiger partial charge in [0, 0.05) is 25.2 Å². The minimum absolute atomic E-state index is 0.0303. The molecule has 1 saturated heterocycles. The summed E-state index contributed by atoms with van der Waals surface area (Å²) in [6, 6.07) is 7.58. The van der Waals surface area contributed by atoms with Crippen molar-refractivity contribution in [2.45, 2.75) is 13.0 Å². The summed E-state index contributed by atoms with van der Waals surface area (Å²) in [6.45, 7) is 4.90. The highest BCUT2D eigenvalue weighted by Crippen LogP contribution is 2.06. The van der Waals surface area contributed by atoms with Crippen LogP contribution in [0.5, 0.6) is 0 Å². The van der Waals surface area contributed by atoms with Crippen molar-refractivity contribution in [1.29, 1.82) is 0 Å². The van der Waals surface area contributed by atoms with Gasteiger partial charge in [-0.1, -0.05) is 18.2 Å². The highest BCUT2D eigenvalue weighted by molar-refractivity contribution is 5.95. The number of aryl methyl sites for hydroxylation is 1. The molecule has 17 heavy (non-hydrogen) atoms. The zero-order valence-electron chi connectivity index (χ0n) is 10.0. The van der Waals surface area contributed by atoms with Gasteiger partial charge >= 0.3 is 0 Å². The van der Waals surface area contributed by atoms with Crippen LogP contribution in [0.4, 0.5) is 0 Å². The van der Waals surface area contributed by atoms with E-state index in [4.69, 9.17) is 4.74 Å². The quantitative estimate of drug-likeness (QED) is 0.810. The van der Waals surface area contributed by atoms with Crippen LogP contribution in [0.15, 0.2) is 24.3 Å². The molecule has 4 heteroatoms. The molecule has 1 unspecified atom stereocenters. The van der Waals surface area contributed by atoms with E-state index in [1.807, 2.05) is 31.2 Å². The number of morpholine rings is 1. The third-order valence-corrected chi connectivity index (χ3v) is 2.88. The van der Waals surface area contributed by atoms with Crippen LogP contribution in [0.25, 0.3) is 0 Å². The average Bonchev–Trinajstić information content (AvgIpc) is 2.38. The molecule has 92 valence electrons. The van der Waals surface area contributed by atoms with E-state index in [2.05, 4.69) is 10.6 Å². The molecule has 1 aromatic carbocycles. The zero-order chi connectivity index (χ0) is 12.1. The van der Waals surface area contributed by atoms with Crippen LogP contribution in [0.1, 0.15) is 15.9 Å². The van der Waals surface area contributed by atoms with Crippen LogP contribution < -0.4 is 10.6 Å². The normalized spacial score (nSPS) is 19.9. The highest BCUT2D eigenvalue weighted by Gasteiger charge is 2.15. The van der Waals surface area contributed by atoms with E-state index in [0.29, 0.717) is 13.2 Å². The Labute approximate surface area is 101 Å². The van der Waals surface area contributed by atoms with E-state index >= 15 is 0 Å². The molecular formula is C13H18N2O2. The predicted octanol–water partition coefficient (Wildman–Crippen LogP) is 0.713. The molecule has 0 saturated carbocycles. The molecular weight excluding hydrogens is 216 g/mol. The molecule has 1 aromatic rings. The van der Waals surface area contributed by atoms with E-state index in [-0.39, 0.29) is 12.0 Å². The Morgan fingerprint density at radius 1 is 1.53 bits per heavy atom. The van der Waals surface area contributed by atoms with Crippen molar-refractivity contribution in [2.24, 2.45) is 0 Å². The Morgan fingerprint density at radius 2 is 2.35 bits per heavy atom. The number of ether oxygens (including phenoxy) is 1. The first-order valence-electron chi connectivity index (χ1n) is 5.93. The zero-order valence-corrected chi connectivity index (χ0v) is 10.0. The molecule has 0 aromatic heterocycles. The smallest absolute Gasteiger partial charge is 0.251 e. The van der Waals surface area contributed by atoms with Gasteiger partial charge in [-0.3, -0.25) is 4.79 Å². The number of carbonyl (C=O) groups is 1. The van der Waals surface area contributed by atoms with Gasteiger partial charge < -0.3 is 15.4 Å². The van der Waals surface area contributed by atoms with Gasteiger partial charge in [0.2, 0.25) is 0 Å². The number of benzene rings is 1. The lowest BCUT2D eigenvalue weighted by molar-refractivity contribution is 0.0287. The van der Waals surface area contributed by atoms with Crippen molar-refractivity contribution in [1.82, 2.24) is 10.6 Å². The Bertz CT molecular complexity index is 387. The van der Waals surface area contributed by atoms with Crippen LogP contribution in [0.3, 0.4) is 0 Å². The molecule has 0 bridgehead atoms. The van der Waals surface area contributed by atoms with E-state index in [1.165, 1.54) is 0 Å². The molecule has 1 amide bonds. The maximum Gasteiger partial charge on any atom is 0.251 e. The molecule has 2 rings (SSSR count). The van der Waals surface area contributed by atoms with Crippen LogP contribution >= 0.6 is 0 Å². The number of carbonyl (C=O) groups excluding carboxylic acids is 1. The highest BCUT2D eigenvalue weighted by atomic mass is 16.5. The molecule has 1 atom stereocenters. The van der Waals surface area contributed by atoms with Gasteiger partial charge in [-0.25, -0.2) is 0 Å². The summed E-state index contributed by atoms with van der Waals surface area (Å²) in [6.07, 6.45) is 0.0803. The predicted molar refractivity (Wildman–Crippen MR) is 66.1 cm³/mol. The van der Waals surface area contributed by atoms with Gasteiger partial charge in [0.1, 0.15) is 0 Å². The number of rotatable bonds is 3. The average molecular weight is 234 g/mol. The maximum absolute atomic E-state index is 11.9. The molecule has 1 heterocycles. The van der Waals surface area contributed by atoms with Crippen LogP contribution in [-0.4, -0.2) is 38.3 Å². The largest absolute Gasteiger partial charge is 0.374 e. The third kappa shape index (κ3) is 3.28. The molecule has 0 aliphatic carbocycles. The summed E-state index contributed by atoms with van der Waals surface area (Å²) in [5, 5.41) is 6.14. The van der Waals surface area contributed by atoms with Crippen molar-refractivity contribution < 1.29 is 9.53 Å². The number of hydrogen-bond acceptors (Lipinski definition) is 3. The Balaban J connectivity index is 1.87. The monoisotopic (exact) mass is 234 g/mol. The fourth-order valence-electron chi connectivity index (χ4n) is 1.88. The van der Waals surface area contributed by atoms with Crippen molar-refractivity contribution in [3.05, 3.63) is 35.4 Å². The molecule has 2 N–H and O–H groups in total. The van der Waals surface area contributed by atoms with Gasteiger partial charge in [0.05, 0.1) is 12.7 Å². The van der Waals surface area contributed by atoms with Gasteiger partial charge in [0.15, 0.2) is 0 Å². The molecule has 4 nitrogen and oxygen atoms in total. The Hall–Kier alpha value is -1.39. The first-order chi connectivity index (χ1) is 8.27. The minimum Gasteiger partial charge on any atom is -0.374 e. The molecule has 0 radical (unpaired) electrons. The van der Waals surface area contributed by atoms with E-state index in [1.54, 1.807) is 0 Å². The first kappa shape index (κ1) is 12.1. The van der Waals surface area contributed by atoms with Crippen molar-refractivity contribution in [2.75, 3.05) is 26.2 Å². The Morgan fingerprint density at radius 3 is 3.06 bits per heavy atom. The molecule has 1 aliphatic rings. The lowest BCUT2D eigenvalue weighted by atomic mass is 10.1. The molecule has 0 spiro atoms. The van der Waals surface area contributed by atoms with E-state index in [9.17, 15) is 4.79 Å². The van der Waals surface area contributed by atoms with Crippen LogP contribution in [0.2, 0.25) is 0 Å². The van der Waals surface area contributed by atoms with Crippen molar-refractivity contribution in [3.8, 4) is 0 Å². The molecule has 1 aliphatic heterocycles. The fraction of sp³-hybridized carbons (Fsp3) is 0.462. The standard InChI is InChI=1S/C13H18N2O2/c1-10-4-2-3-5-12(10)13(16)15-9-11-8-14-6-7-17-11/h2-5,11,14H,6-9H2,1H3,(H,15,16). The number of hydrogen-bond donors (Lipinski definition) is 2. The second kappa shape index (κ2) is 5.80. The summed E-state index contributed by atoms with van der Waals surface area (Å²) in [5.41, 5.74) is 1.73. The van der Waals surface area contributed by atoms with Crippen LogP contribution in [0, 0.1) is 6.92 Å². The number of amides is 1. The van der Waals surface area contributed by atoms with E-state index < -0.39 is 0 Å². The van der Waals surface area contributed by atoms with Crippen molar-refractivity contribution >= 4 is 5.91 Å². The minimum atomic E-state index is -0.0303. The first-order valence-corrected chi connectivity index (χ1v) is 5.93. The van der Waals surface area contributed by atoms with Crippen molar-refractivity contribution in [3.63, 3.8) is 0 Å². The lowest BCUT2D eigenvalue weighted by Gasteiger charge is -2.23. The van der Waals surface area contributed by atoms with Gasteiger partial charge in [-0.05, 0) is 18.6 Å². The maximum atomic E-state index is 11.9. The second-order valence-electron chi connectivity index (χ2n) is 4.22. The summed E-state index contributed by atoms with van der Waals surface area (Å²) < 4.78 is 5.52. The van der Waals surface area contributed by atoms with Gasteiger partial charge in [-0.2, -0.15) is 0 Å². The summed E-state index contributed by atoms with van der Waals surface area (Å²) in [4.78, 5) is 11.9. The number of nitrogens with one attached hydrogen (secondary N) is 2. The molecule has 1 fully saturated rings. The van der Waals surface area contributed by atoms with Gasteiger partial charge in [-0.15, -0.1) is 0 Å². The van der Waals surface area contributed by atoms with E-state index in [0.717, 1.165) is 24.2 Å². The summed E-state index contributed by atoms with van der Waals surface area (Å²) >= 11 is 0.